The number of amides is 1. The lowest BCUT2D eigenvalue weighted by Crippen LogP contribution is -2.50. The van der Waals surface area contributed by atoms with Crippen molar-refractivity contribution >= 4 is 5.91 Å². The molecular formula is C20H26N2O3. The van der Waals surface area contributed by atoms with E-state index in [0.717, 1.165) is 11.1 Å². The summed E-state index contributed by atoms with van der Waals surface area (Å²) in [6, 6.07) is 12.8. The molecule has 2 aromatic rings. The zero-order chi connectivity index (χ0) is 18.6. The summed E-state index contributed by atoms with van der Waals surface area (Å²) in [6.07, 6.45) is 0. The Kier molecular flexibility index (Phi) is 5.80. The zero-order valence-corrected chi connectivity index (χ0v) is 15.3. The van der Waals surface area contributed by atoms with Gasteiger partial charge in [0.1, 0.15) is 0 Å². The van der Waals surface area contributed by atoms with Gasteiger partial charge in [0.2, 0.25) is 0 Å². The van der Waals surface area contributed by atoms with Crippen LogP contribution >= 0.6 is 0 Å². The number of likely N-dealkylation sites (N-methyl/N-ethyl adjacent to an activating group) is 1. The van der Waals surface area contributed by atoms with Crippen LogP contribution in [0.3, 0.4) is 0 Å². The lowest BCUT2D eigenvalue weighted by molar-refractivity contribution is -0.151. The number of benzene rings is 1. The summed E-state index contributed by atoms with van der Waals surface area (Å²) >= 11 is 0. The summed E-state index contributed by atoms with van der Waals surface area (Å²) in [7, 11) is 0. The van der Waals surface area contributed by atoms with Crippen molar-refractivity contribution in [3.05, 3.63) is 69.6 Å². The van der Waals surface area contributed by atoms with E-state index in [9.17, 15) is 14.7 Å². The average molecular weight is 342 g/mol. The molecule has 0 bridgehead atoms. The fourth-order valence-electron chi connectivity index (χ4n) is 2.86. The molecule has 1 atom stereocenters. The third-order valence-corrected chi connectivity index (χ3v) is 4.49. The predicted octanol–water partition coefficient (Wildman–Crippen LogP) is 2.26. The van der Waals surface area contributed by atoms with Gasteiger partial charge in [-0.15, -0.1) is 0 Å². The van der Waals surface area contributed by atoms with Crippen LogP contribution in [0, 0.1) is 13.8 Å². The number of nitrogens with zero attached hydrogens (tertiary/aromatic N) is 2. The van der Waals surface area contributed by atoms with Crippen LogP contribution in [0.25, 0.3) is 0 Å². The average Bonchev–Trinajstić information content (AvgIpc) is 2.57. The fourth-order valence-corrected chi connectivity index (χ4v) is 2.86. The second-order valence-electron chi connectivity index (χ2n) is 6.61. The number of hydrogen-bond donors (Lipinski definition) is 1. The number of aryl methyl sites for hydroxylation is 2. The summed E-state index contributed by atoms with van der Waals surface area (Å²) in [4.78, 5) is 26.6. The highest BCUT2D eigenvalue weighted by Gasteiger charge is 2.35. The van der Waals surface area contributed by atoms with Gasteiger partial charge in [0.05, 0.1) is 6.54 Å². The third-order valence-electron chi connectivity index (χ3n) is 4.49. The van der Waals surface area contributed by atoms with E-state index in [2.05, 4.69) is 0 Å². The summed E-state index contributed by atoms with van der Waals surface area (Å²) in [5, 5.41) is 10.8. The van der Waals surface area contributed by atoms with Gasteiger partial charge in [0.25, 0.3) is 11.5 Å². The van der Waals surface area contributed by atoms with Crippen molar-refractivity contribution in [3.8, 4) is 0 Å². The minimum Gasteiger partial charge on any atom is -0.378 e. The highest BCUT2D eigenvalue weighted by Crippen LogP contribution is 2.17. The Hall–Kier alpha value is -2.40. The zero-order valence-electron chi connectivity index (χ0n) is 15.3. The van der Waals surface area contributed by atoms with Crippen LogP contribution in [-0.2, 0) is 17.9 Å². The molecule has 0 saturated heterocycles. The molecule has 0 saturated carbocycles. The van der Waals surface area contributed by atoms with E-state index >= 15 is 0 Å². The monoisotopic (exact) mass is 342 g/mol. The maximum absolute atomic E-state index is 12.9. The van der Waals surface area contributed by atoms with E-state index in [4.69, 9.17) is 0 Å². The molecule has 0 aliphatic rings. The number of aliphatic hydroxyl groups is 1. The lowest BCUT2D eigenvalue weighted by Gasteiger charge is -2.31. The van der Waals surface area contributed by atoms with Gasteiger partial charge in [-0.2, -0.15) is 0 Å². The first-order chi connectivity index (χ1) is 11.8. The molecule has 0 spiro atoms. The molecule has 1 aromatic carbocycles. The number of carbonyl (C=O) groups excluding carboxylic acids is 1. The minimum atomic E-state index is -1.66. The first-order valence-corrected chi connectivity index (χ1v) is 8.49. The van der Waals surface area contributed by atoms with Gasteiger partial charge >= 0.3 is 0 Å². The maximum atomic E-state index is 12.9. The molecule has 1 aromatic heterocycles. The highest BCUT2D eigenvalue weighted by molar-refractivity contribution is 5.84. The molecular weight excluding hydrogens is 316 g/mol. The largest absolute Gasteiger partial charge is 0.378 e. The van der Waals surface area contributed by atoms with E-state index in [1.54, 1.807) is 24.0 Å². The molecule has 1 N–H and O–H groups in total. The molecule has 0 aliphatic carbocycles. The lowest BCUT2D eigenvalue weighted by atomic mass is 10.0. The van der Waals surface area contributed by atoms with Crippen LogP contribution in [0.1, 0.15) is 30.7 Å². The molecule has 5 heteroatoms. The summed E-state index contributed by atoms with van der Waals surface area (Å²) in [5.41, 5.74) is 0.969. The van der Waals surface area contributed by atoms with E-state index in [0.29, 0.717) is 18.8 Å². The van der Waals surface area contributed by atoms with Crippen molar-refractivity contribution in [3.63, 3.8) is 0 Å². The Morgan fingerprint density at radius 1 is 1.16 bits per heavy atom. The Bertz CT molecular complexity index is 809. The molecule has 0 unspecified atom stereocenters. The maximum Gasteiger partial charge on any atom is 0.256 e. The molecule has 134 valence electrons. The number of pyridine rings is 1. The number of carbonyl (C=O) groups is 1. The highest BCUT2D eigenvalue weighted by atomic mass is 16.3. The van der Waals surface area contributed by atoms with Crippen LogP contribution in [0.15, 0.2) is 47.3 Å². The summed E-state index contributed by atoms with van der Waals surface area (Å²) < 4.78 is 1.43. The Morgan fingerprint density at radius 2 is 1.84 bits per heavy atom. The van der Waals surface area contributed by atoms with Crippen LogP contribution in [-0.4, -0.2) is 32.6 Å². The number of rotatable bonds is 6. The van der Waals surface area contributed by atoms with E-state index < -0.39 is 5.60 Å². The molecule has 25 heavy (non-hydrogen) atoms. The Morgan fingerprint density at radius 3 is 2.44 bits per heavy atom. The van der Waals surface area contributed by atoms with Gasteiger partial charge in [-0.1, -0.05) is 30.3 Å². The van der Waals surface area contributed by atoms with Gasteiger partial charge < -0.3 is 14.6 Å². The van der Waals surface area contributed by atoms with Crippen LogP contribution in [0.4, 0.5) is 0 Å². The van der Waals surface area contributed by atoms with Gasteiger partial charge in [-0.3, -0.25) is 9.59 Å². The second kappa shape index (κ2) is 7.66. The SMILES string of the molecule is CCN(Cc1ccccc1C)C(=O)[C@](C)(O)Cn1c(C)cccc1=O. The van der Waals surface area contributed by atoms with Crippen LogP contribution < -0.4 is 5.56 Å². The molecule has 0 fully saturated rings. The first-order valence-electron chi connectivity index (χ1n) is 8.49. The molecule has 5 nitrogen and oxygen atoms in total. The van der Waals surface area contributed by atoms with Crippen molar-refractivity contribution in [2.24, 2.45) is 0 Å². The van der Waals surface area contributed by atoms with Crippen molar-refractivity contribution in [2.75, 3.05) is 6.54 Å². The van der Waals surface area contributed by atoms with Crippen LogP contribution in [0.5, 0.6) is 0 Å². The second-order valence-corrected chi connectivity index (χ2v) is 6.61. The van der Waals surface area contributed by atoms with E-state index in [1.807, 2.05) is 38.1 Å². The molecule has 0 aliphatic heterocycles. The molecule has 2 rings (SSSR count). The topological polar surface area (TPSA) is 62.5 Å². The number of aromatic nitrogens is 1. The summed E-state index contributed by atoms with van der Waals surface area (Å²) in [6.45, 7) is 7.97. The molecule has 0 radical (unpaired) electrons. The van der Waals surface area contributed by atoms with Crippen molar-refractivity contribution in [2.45, 2.75) is 46.4 Å². The fraction of sp³-hybridized carbons (Fsp3) is 0.400. The van der Waals surface area contributed by atoms with Crippen LogP contribution in [0.2, 0.25) is 0 Å². The predicted molar refractivity (Wildman–Crippen MR) is 98.3 cm³/mol. The van der Waals surface area contributed by atoms with Gasteiger partial charge in [-0.25, -0.2) is 0 Å². The van der Waals surface area contributed by atoms with E-state index in [-0.39, 0.29) is 18.0 Å². The third kappa shape index (κ3) is 4.37. The Labute approximate surface area is 148 Å². The minimum absolute atomic E-state index is 0.0678. The van der Waals surface area contributed by atoms with Gasteiger partial charge in [0, 0.05) is 24.8 Å². The van der Waals surface area contributed by atoms with E-state index in [1.165, 1.54) is 17.6 Å². The van der Waals surface area contributed by atoms with Crippen molar-refractivity contribution in [1.29, 1.82) is 0 Å². The Balaban J connectivity index is 2.23. The number of hydrogen-bond acceptors (Lipinski definition) is 3. The molecule has 1 heterocycles. The summed E-state index contributed by atoms with van der Waals surface area (Å²) in [5.74, 6) is -0.381. The smallest absolute Gasteiger partial charge is 0.256 e. The quantitative estimate of drug-likeness (QED) is 0.876. The molecule has 1 amide bonds. The van der Waals surface area contributed by atoms with Gasteiger partial charge in [-0.05, 0) is 44.9 Å². The standard InChI is InChI=1S/C20H26N2O3/c1-5-21(13-17-11-7-6-9-15(17)2)19(24)20(4,25)14-22-16(3)10-8-12-18(22)23/h6-12,25H,5,13-14H2,1-4H3/t20-/m1/s1. The normalized spacial score (nSPS) is 13.3. The first kappa shape index (κ1) is 18.9. The van der Waals surface area contributed by atoms with Crippen molar-refractivity contribution in [1.82, 2.24) is 9.47 Å². The van der Waals surface area contributed by atoms with Crippen molar-refractivity contribution < 1.29 is 9.90 Å². The van der Waals surface area contributed by atoms with Gasteiger partial charge in [0.15, 0.2) is 5.60 Å².